The van der Waals surface area contributed by atoms with E-state index in [0.717, 1.165) is 10.5 Å². The number of benzene rings is 2. The van der Waals surface area contributed by atoms with Gasteiger partial charge in [-0.05, 0) is 48.7 Å². The van der Waals surface area contributed by atoms with E-state index >= 15 is 0 Å². The van der Waals surface area contributed by atoms with Crippen molar-refractivity contribution in [1.29, 1.82) is 0 Å². The van der Waals surface area contributed by atoms with Crippen LogP contribution in [-0.2, 0) is 21.5 Å². The summed E-state index contributed by atoms with van der Waals surface area (Å²) in [5, 5.41) is 16.1. The van der Waals surface area contributed by atoms with E-state index in [1.165, 1.54) is 31.2 Å². The fraction of sp³-hybridized carbons (Fsp3) is 0.318. The van der Waals surface area contributed by atoms with Crippen LogP contribution in [0.3, 0.4) is 0 Å². The van der Waals surface area contributed by atoms with Crippen LogP contribution in [0.15, 0.2) is 42.5 Å². The molecule has 2 aromatic rings. The van der Waals surface area contributed by atoms with Crippen molar-refractivity contribution in [2.75, 3.05) is 26.3 Å². The Morgan fingerprint density at radius 2 is 1.85 bits per heavy atom. The van der Waals surface area contributed by atoms with Crippen molar-refractivity contribution >= 4 is 23.5 Å². The summed E-state index contributed by atoms with van der Waals surface area (Å²) in [6, 6.07) is 10.2. The van der Waals surface area contributed by atoms with Crippen molar-refractivity contribution in [3.8, 4) is 11.5 Å². The van der Waals surface area contributed by atoms with Gasteiger partial charge in [-0.15, -0.1) is 0 Å². The molecule has 1 unspecified atom stereocenters. The number of ether oxygens (including phenoxy) is 2. The van der Waals surface area contributed by atoms with Crippen LogP contribution < -0.4 is 20.1 Å². The van der Waals surface area contributed by atoms with Crippen molar-refractivity contribution in [3.63, 3.8) is 0 Å². The van der Waals surface area contributed by atoms with Crippen molar-refractivity contribution in [2.45, 2.75) is 18.9 Å². The smallest absolute Gasteiger partial charge is 0.325 e. The predicted molar refractivity (Wildman–Crippen MR) is 115 cm³/mol. The number of nitro benzene ring substituents is 1. The van der Waals surface area contributed by atoms with Crippen molar-refractivity contribution in [3.05, 3.63) is 63.7 Å². The molecule has 2 aliphatic heterocycles. The number of imide groups is 1. The summed E-state index contributed by atoms with van der Waals surface area (Å²) in [5.74, 6) is 0.255. The Kier molecular flexibility index (Phi) is 5.86. The zero-order valence-electron chi connectivity index (χ0n) is 17.8. The summed E-state index contributed by atoms with van der Waals surface area (Å²) in [5.41, 5.74) is -0.223. The lowest BCUT2D eigenvalue weighted by Gasteiger charge is -2.22. The highest BCUT2D eigenvalue weighted by Gasteiger charge is 2.49. The highest BCUT2D eigenvalue weighted by Crippen LogP contribution is 2.31. The first kappa shape index (κ1) is 22.1. The van der Waals surface area contributed by atoms with Gasteiger partial charge in [0.1, 0.15) is 25.3 Å². The molecule has 2 heterocycles. The number of non-ortho nitro benzene ring substituents is 1. The zero-order chi connectivity index (χ0) is 23.6. The molecular formula is C22H22N4O7. The van der Waals surface area contributed by atoms with Gasteiger partial charge in [-0.1, -0.05) is 6.07 Å². The SMILES string of the molecule is CC1(c2ccc([N+](=O)[O-])cc2)NC(=O)N(CC(=O)NCCc2ccc3c(c2)OCCO3)C1=O. The van der Waals surface area contributed by atoms with Gasteiger partial charge in [0.05, 0.1) is 4.92 Å². The number of carbonyl (C=O) groups is 3. The Morgan fingerprint density at radius 1 is 1.15 bits per heavy atom. The van der Waals surface area contributed by atoms with Crippen LogP contribution in [0.4, 0.5) is 10.5 Å². The number of nitrogens with zero attached hydrogens (tertiary/aromatic N) is 2. The molecule has 11 heteroatoms. The quantitative estimate of drug-likeness (QED) is 0.367. The first-order chi connectivity index (χ1) is 15.8. The summed E-state index contributed by atoms with van der Waals surface area (Å²) in [6.07, 6.45) is 0.531. The van der Waals surface area contributed by atoms with Crippen LogP contribution in [-0.4, -0.2) is 54.0 Å². The number of hydrogen-bond acceptors (Lipinski definition) is 7. The van der Waals surface area contributed by atoms with Crippen LogP contribution >= 0.6 is 0 Å². The minimum absolute atomic E-state index is 0.131. The summed E-state index contributed by atoms with van der Waals surface area (Å²) >= 11 is 0. The Bertz CT molecular complexity index is 1120. The number of nitro groups is 1. The van der Waals surface area contributed by atoms with Gasteiger partial charge in [0, 0.05) is 18.7 Å². The lowest BCUT2D eigenvalue weighted by Crippen LogP contribution is -2.43. The molecule has 4 amide bonds. The topological polar surface area (TPSA) is 140 Å². The van der Waals surface area contributed by atoms with Gasteiger partial charge in [-0.2, -0.15) is 0 Å². The van der Waals surface area contributed by atoms with E-state index in [1.54, 1.807) is 0 Å². The third-order valence-electron chi connectivity index (χ3n) is 5.57. The molecule has 0 bridgehead atoms. The van der Waals surface area contributed by atoms with E-state index in [1.807, 2.05) is 18.2 Å². The van der Waals surface area contributed by atoms with Crippen LogP contribution in [0.2, 0.25) is 0 Å². The van der Waals surface area contributed by atoms with E-state index in [0.29, 0.717) is 43.2 Å². The molecular weight excluding hydrogens is 432 g/mol. The van der Waals surface area contributed by atoms with Gasteiger partial charge < -0.3 is 20.1 Å². The zero-order valence-corrected chi connectivity index (χ0v) is 17.8. The molecule has 0 aromatic heterocycles. The first-order valence-electron chi connectivity index (χ1n) is 10.3. The summed E-state index contributed by atoms with van der Waals surface area (Å²) in [4.78, 5) is 48.8. The molecule has 0 saturated carbocycles. The van der Waals surface area contributed by atoms with Crippen molar-refractivity contribution < 1.29 is 28.8 Å². The van der Waals surface area contributed by atoms with E-state index in [4.69, 9.17) is 9.47 Å². The molecule has 1 atom stereocenters. The molecule has 11 nitrogen and oxygen atoms in total. The monoisotopic (exact) mass is 454 g/mol. The standard InChI is InChI=1S/C22H22N4O7/c1-22(15-3-5-16(6-4-15)26(30)31)20(28)25(21(29)24-22)13-19(27)23-9-8-14-2-7-17-18(12-14)33-11-10-32-17/h2-7,12H,8-11,13H2,1H3,(H,23,27)(H,24,29). The first-order valence-corrected chi connectivity index (χ1v) is 10.3. The number of nitrogens with one attached hydrogen (secondary N) is 2. The third-order valence-corrected chi connectivity index (χ3v) is 5.57. The lowest BCUT2D eigenvalue weighted by atomic mass is 9.92. The Balaban J connectivity index is 1.33. The number of carbonyl (C=O) groups excluding carboxylic acids is 3. The second kappa shape index (κ2) is 8.77. The molecule has 2 aliphatic rings. The molecule has 33 heavy (non-hydrogen) atoms. The van der Waals surface area contributed by atoms with Crippen LogP contribution in [0, 0.1) is 10.1 Å². The second-order valence-electron chi connectivity index (χ2n) is 7.83. The Hall–Kier alpha value is -4.15. The lowest BCUT2D eigenvalue weighted by molar-refractivity contribution is -0.384. The maximum atomic E-state index is 12.9. The van der Waals surface area contributed by atoms with Crippen LogP contribution in [0.25, 0.3) is 0 Å². The van der Waals surface area contributed by atoms with Crippen molar-refractivity contribution in [2.24, 2.45) is 0 Å². The van der Waals surface area contributed by atoms with E-state index in [2.05, 4.69) is 10.6 Å². The fourth-order valence-corrected chi connectivity index (χ4v) is 3.74. The molecule has 172 valence electrons. The maximum Gasteiger partial charge on any atom is 0.325 e. The van der Waals surface area contributed by atoms with E-state index in [-0.39, 0.29) is 5.69 Å². The molecule has 0 aliphatic carbocycles. The minimum atomic E-state index is -1.42. The summed E-state index contributed by atoms with van der Waals surface area (Å²) in [6.45, 7) is 2.36. The van der Waals surface area contributed by atoms with E-state index < -0.39 is 34.9 Å². The van der Waals surface area contributed by atoms with Gasteiger partial charge in [0.15, 0.2) is 11.5 Å². The van der Waals surface area contributed by atoms with Crippen LogP contribution in [0.1, 0.15) is 18.1 Å². The van der Waals surface area contributed by atoms with E-state index in [9.17, 15) is 24.5 Å². The summed E-state index contributed by atoms with van der Waals surface area (Å²) < 4.78 is 11.0. The Labute approximate surface area is 188 Å². The molecule has 1 saturated heterocycles. The number of fused-ring (bicyclic) bond motifs is 1. The molecule has 2 N–H and O–H groups in total. The van der Waals surface area contributed by atoms with Gasteiger partial charge in [-0.25, -0.2) is 4.79 Å². The van der Waals surface area contributed by atoms with Gasteiger partial charge >= 0.3 is 6.03 Å². The number of hydrogen-bond donors (Lipinski definition) is 2. The highest BCUT2D eigenvalue weighted by molar-refractivity contribution is 6.09. The average molecular weight is 454 g/mol. The molecule has 0 radical (unpaired) electrons. The largest absolute Gasteiger partial charge is 0.486 e. The maximum absolute atomic E-state index is 12.9. The predicted octanol–water partition coefficient (Wildman–Crippen LogP) is 1.49. The number of amides is 4. The number of rotatable bonds is 7. The highest BCUT2D eigenvalue weighted by atomic mass is 16.6. The average Bonchev–Trinajstić information content (AvgIpc) is 3.03. The molecule has 2 aromatic carbocycles. The van der Waals surface area contributed by atoms with Gasteiger partial charge in [0.25, 0.3) is 11.6 Å². The molecule has 1 fully saturated rings. The molecule has 4 rings (SSSR count). The van der Waals surface area contributed by atoms with Gasteiger partial charge in [0.2, 0.25) is 5.91 Å². The fourth-order valence-electron chi connectivity index (χ4n) is 3.74. The van der Waals surface area contributed by atoms with Crippen molar-refractivity contribution in [1.82, 2.24) is 15.5 Å². The normalized spacial score (nSPS) is 19.2. The number of urea groups is 1. The van der Waals surface area contributed by atoms with Crippen LogP contribution in [0.5, 0.6) is 11.5 Å². The third kappa shape index (κ3) is 4.43. The Morgan fingerprint density at radius 3 is 2.55 bits per heavy atom. The molecule has 0 spiro atoms. The summed E-state index contributed by atoms with van der Waals surface area (Å²) in [7, 11) is 0. The van der Waals surface area contributed by atoms with Gasteiger partial charge in [-0.3, -0.25) is 24.6 Å². The minimum Gasteiger partial charge on any atom is -0.486 e. The second-order valence-corrected chi connectivity index (χ2v) is 7.83.